The molecule has 2 fully saturated rings. The molecule has 1 aromatic rings. The minimum atomic E-state index is -0.575. The first-order valence-corrected chi connectivity index (χ1v) is 6.85. The molecule has 2 aliphatic rings. The van der Waals surface area contributed by atoms with Crippen LogP contribution in [0.1, 0.15) is 36.0 Å². The molecule has 2 aliphatic carbocycles. The van der Waals surface area contributed by atoms with Gasteiger partial charge in [-0.3, -0.25) is 0 Å². The first-order valence-electron chi connectivity index (χ1n) is 6.85. The molecule has 2 N–H and O–H groups in total. The van der Waals surface area contributed by atoms with Gasteiger partial charge >= 0.3 is 5.97 Å². The van der Waals surface area contributed by atoms with Crippen LogP contribution >= 0.6 is 0 Å². The molecule has 102 valence electrons. The van der Waals surface area contributed by atoms with Crippen LogP contribution in [0.3, 0.4) is 0 Å². The standard InChI is InChI=1S/C15H18FNO2/c16-13-7-11(3-4-14(13)17)15(18)19-8-12-6-9-1-2-10(12)5-9/h3-4,7,9-10,12H,1-2,5-6,8,17H2. The molecule has 0 spiro atoms. The lowest BCUT2D eigenvalue weighted by atomic mass is 9.89. The Balaban J connectivity index is 1.57. The smallest absolute Gasteiger partial charge is 0.338 e. The van der Waals surface area contributed by atoms with Gasteiger partial charge in [0.25, 0.3) is 0 Å². The molecule has 3 rings (SSSR count). The molecule has 0 aliphatic heterocycles. The van der Waals surface area contributed by atoms with E-state index in [1.54, 1.807) is 0 Å². The van der Waals surface area contributed by atoms with Gasteiger partial charge in [-0.1, -0.05) is 6.42 Å². The number of halogens is 1. The molecule has 19 heavy (non-hydrogen) atoms. The maximum atomic E-state index is 13.3. The minimum Gasteiger partial charge on any atom is -0.462 e. The Hall–Kier alpha value is -1.58. The zero-order valence-corrected chi connectivity index (χ0v) is 10.8. The van der Waals surface area contributed by atoms with Gasteiger partial charge in [0, 0.05) is 0 Å². The number of carbonyl (C=O) groups is 1. The fraction of sp³-hybridized carbons (Fsp3) is 0.533. The highest BCUT2D eigenvalue weighted by Gasteiger charge is 2.39. The van der Waals surface area contributed by atoms with Crippen molar-refractivity contribution in [3.05, 3.63) is 29.6 Å². The van der Waals surface area contributed by atoms with Crippen molar-refractivity contribution >= 4 is 11.7 Å². The number of benzene rings is 1. The Bertz CT molecular complexity index is 503. The fourth-order valence-corrected chi connectivity index (χ4v) is 3.50. The first kappa shape index (κ1) is 12.5. The lowest BCUT2D eigenvalue weighted by Gasteiger charge is -2.21. The second-order valence-corrected chi connectivity index (χ2v) is 5.77. The topological polar surface area (TPSA) is 52.3 Å². The molecular weight excluding hydrogens is 245 g/mol. The van der Waals surface area contributed by atoms with E-state index in [1.165, 1.54) is 37.8 Å². The normalized spacial score (nSPS) is 28.6. The molecule has 1 aromatic carbocycles. The van der Waals surface area contributed by atoms with Gasteiger partial charge in [-0.2, -0.15) is 0 Å². The summed E-state index contributed by atoms with van der Waals surface area (Å²) in [5.74, 6) is 1.03. The third-order valence-corrected chi connectivity index (χ3v) is 4.55. The number of hydrogen-bond donors (Lipinski definition) is 1. The van der Waals surface area contributed by atoms with E-state index in [9.17, 15) is 9.18 Å². The number of fused-ring (bicyclic) bond motifs is 2. The number of rotatable bonds is 3. The molecule has 0 radical (unpaired) electrons. The number of nitrogen functional groups attached to an aromatic ring is 1. The molecule has 0 aromatic heterocycles. The van der Waals surface area contributed by atoms with Crippen LogP contribution in [0.5, 0.6) is 0 Å². The van der Waals surface area contributed by atoms with Crippen LogP contribution in [0.2, 0.25) is 0 Å². The van der Waals surface area contributed by atoms with Crippen molar-refractivity contribution in [2.24, 2.45) is 17.8 Å². The van der Waals surface area contributed by atoms with E-state index < -0.39 is 11.8 Å². The van der Waals surface area contributed by atoms with E-state index in [2.05, 4.69) is 0 Å². The maximum absolute atomic E-state index is 13.3. The van der Waals surface area contributed by atoms with Gasteiger partial charge in [-0.05, 0) is 55.2 Å². The van der Waals surface area contributed by atoms with Gasteiger partial charge in [0.1, 0.15) is 5.82 Å². The number of nitrogens with two attached hydrogens (primary N) is 1. The van der Waals surface area contributed by atoms with Crippen LogP contribution in [-0.2, 0) is 4.74 Å². The Morgan fingerprint density at radius 1 is 1.37 bits per heavy atom. The van der Waals surface area contributed by atoms with Gasteiger partial charge in [-0.25, -0.2) is 9.18 Å². The highest BCUT2D eigenvalue weighted by molar-refractivity contribution is 5.89. The summed E-state index contributed by atoms with van der Waals surface area (Å²) in [5.41, 5.74) is 5.65. The van der Waals surface area contributed by atoms with Gasteiger partial charge < -0.3 is 10.5 Å². The summed E-state index contributed by atoms with van der Waals surface area (Å²) in [4.78, 5) is 11.8. The van der Waals surface area contributed by atoms with Crippen molar-refractivity contribution in [1.29, 1.82) is 0 Å². The van der Waals surface area contributed by atoms with Crippen molar-refractivity contribution in [2.75, 3.05) is 12.3 Å². The second-order valence-electron chi connectivity index (χ2n) is 5.77. The SMILES string of the molecule is Nc1ccc(C(=O)OCC2CC3CCC2C3)cc1F. The van der Waals surface area contributed by atoms with Crippen LogP contribution in [0, 0.1) is 23.6 Å². The quantitative estimate of drug-likeness (QED) is 0.673. The highest BCUT2D eigenvalue weighted by Crippen LogP contribution is 2.48. The van der Waals surface area contributed by atoms with E-state index in [1.807, 2.05) is 0 Å². The largest absolute Gasteiger partial charge is 0.462 e. The predicted molar refractivity (Wildman–Crippen MR) is 70.0 cm³/mol. The maximum Gasteiger partial charge on any atom is 0.338 e. The lowest BCUT2D eigenvalue weighted by molar-refractivity contribution is 0.0393. The lowest BCUT2D eigenvalue weighted by Crippen LogP contribution is -2.19. The third-order valence-electron chi connectivity index (χ3n) is 4.55. The van der Waals surface area contributed by atoms with Crippen LogP contribution < -0.4 is 5.73 Å². The first-order chi connectivity index (χ1) is 9.13. The van der Waals surface area contributed by atoms with E-state index in [4.69, 9.17) is 10.5 Å². The Labute approximate surface area is 111 Å². The minimum absolute atomic E-state index is 0.0460. The van der Waals surface area contributed by atoms with Gasteiger partial charge in [-0.15, -0.1) is 0 Å². The van der Waals surface area contributed by atoms with Gasteiger partial charge in [0.2, 0.25) is 0 Å². The van der Waals surface area contributed by atoms with Crippen molar-refractivity contribution in [2.45, 2.75) is 25.7 Å². The zero-order chi connectivity index (χ0) is 13.4. The van der Waals surface area contributed by atoms with E-state index in [0.717, 1.165) is 17.9 Å². The second kappa shape index (κ2) is 4.83. The van der Waals surface area contributed by atoms with Crippen molar-refractivity contribution in [3.8, 4) is 0 Å². The number of carbonyl (C=O) groups excluding carboxylic acids is 1. The molecular formula is C15H18FNO2. The monoisotopic (exact) mass is 263 g/mol. The van der Waals surface area contributed by atoms with Gasteiger partial charge in [0.15, 0.2) is 0 Å². The molecule has 0 saturated heterocycles. The number of esters is 1. The van der Waals surface area contributed by atoms with E-state index in [0.29, 0.717) is 12.5 Å². The zero-order valence-electron chi connectivity index (χ0n) is 10.8. The number of ether oxygens (including phenoxy) is 1. The fourth-order valence-electron chi connectivity index (χ4n) is 3.50. The average Bonchev–Trinajstić information content (AvgIpc) is 3.01. The Morgan fingerprint density at radius 3 is 2.84 bits per heavy atom. The Kier molecular flexibility index (Phi) is 3.17. The molecule has 0 heterocycles. The van der Waals surface area contributed by atoms with Gasteiger partial charge in [0.05, 0.1) is 17.9 Å². The summed E-state index contributed by atoms with van der Waals surface area (Å²) < 4.78 is 18.6. The van der Waals surface area contributed by atoms with Crippen LogP contribution in [0.15, 0.2) is 18.2 Å². The van der Waals surface area contributed by atoms with Crippen LogP contribution in [0.25, 0.3) is 0 Å². The highest BCUT2D eigenvalue weighted by atomic mass is 19.1. The number of hydrogen-bond acceptors (Lipinski definition) is 3. The average molecular weight is 263 g/mol. The summed E-state index contributed by atoms with van der Waals surface area (Å²) >= 11 is 0. The van der Waals surface area contributed by atoms with Crippen molar-refractivity contribution in [3.63, 3.8) is 0 Å². The molecule has 0 amide bonds. The molecule has 2 saturated carbocycles. The van der Waals surface area contributed by atoms with Crippen molar-refractivity contribution < 1.29 is 13.9 Å². The summed E-state index contributed by atoms with van der Waals surface area (Å²) in [7, 11) is 0. The van der Waals surface area contributed by atoms with E-state index >= 15 is 0 Å². The third kappa shape index (κ3) is 2.44. The van der Waals surface area contributed by atoms with E-state index in [-0.39, 0.29) is 11.3 Å². The predicted octanol–water partition coefficient (Wildman–Crippen LogP) is 3.00. The molecule has 3 unspecified atom stereocenters. The molecule has 4 heteroatoms. The molecule has 2 bridgehead atoms. The summed E-state index contributed by atoms with van der Waals surface area (Å²) in [6.07, 6.45) is 5.06. The molecule has 3 atom stereocenters. The van der Waals surface area contributed by atoms with Crippen molar-refractivity contribution in [1.82, 2.24) is 0 Å². The summed E-state index contributed by atoms with van der Waals surface area (Å²) in [6, 6.07) is 4.03. The van der Waals surface area contributed by atoms with Crippen LogP contribution in [-0.4, -0.2) is 12.6 Å². The summed E-state index contributed by atoms with van der Waals surface area (Å²) in [6.45, 7) is 0.464. The Morgan fingerprint density at radius 2 is 2.21 bits per heavy atom. The molecule has 3 nitrogen and oxygen atoms in total. The summed E-state index contributed by atoms with van der Waals surface area (Å²) in [5, 5.41) is 0. The van der Waals surface area contributed by atoms with Crippen LogP contribution in [0.4, 0.5) is 10.1 Å². The number of anilines is 1.